The van der Waals surface area contributed by atoms with Gasteiger partial charge in [0.05, 0.1) is 10.6 Å². The van der Waals surface area contributed by atoms with E-state index in [1.54, 1.807) is 23.6 Å². The van der Waals surface area contributed by atoms with E-state index in [-0.39, 0.29) is 11.1 Å². The van der Waals surface area contributed by atoms with Crippen molar-refractivity contribution in [1.82, 2.24) is 10.3 Å². The van der Waals surface area contributed by atoms with Crippen LogP contribution in [0.5, 0.6) is 0 Å². The molecule has 100 valence electrons. The van der Waals surface area contributed by atoms with Gasteiger partial charge in [-0.3, -0.25) is 14.9 Å². The minimum absolute atomic E-state index is 0.301. The Bertz CT molecular complexity index is 722. The van der Waals surface area contributed by atoms with Crippen LogP contribution in [-0.2, 0) is 4.79 Å². The number of thioether (sulfide) groups is 1. The van der Waals surface area contributed by atoms with Crippen LogP contribution >= 0.6 is 23.1 Å². The third kappa shape index (κ3) is 2.63. The zero-order valence-corrected chi connectivity index (χ0v) is 11.6. The number of carbonyl (C=O) groups excluding carboxylic acids is 2. The number of hydrogen-bond donors (Lipinski definition) is 1. The second-order valence-corrected chi connectivity index (χ2v) is 5.81. The molecule has 1 aliphatic rings. The van der Waals surface area contributed by atoms with Gasteiger partial charge < -0.3 is 0 Å². The lowest BCUT2D eigenvalue weighted by atomic mass is 10.2. The lowest BCUT2D eigenvalue weighted by Gasteiger charge is -1.94. The van der Waals surface area contributed by atoms with Gasteiger partial charge in [0.1, 0.15) is 10.8 Å². The number of rotatable bonds is 2. The van der Waals surface area contributed by atoms with Crippen LogP contribution in [0.2, 0.25) is 0 Å². The average Bonchev–Trinajstić information content (AvgIpc) is 2.98. The first kappa shape index (κ1) is 13.0. The molecule has 0 aliphatic carbocycles. The largest absolute Gasteiger partial charge is 0.290 e. The highest BCUT2D eigenvalue weighted by Crippen LogP contribution is 2.28. The SMILES string of the molecule is O=C1NC(=O)/C(=C/c2csc(-c3ccc(F)cc3)n2)S1. The minimum atomic E-state index is -0.406. The maximum Gasteiger partial charge on any atom is 0.290 e. The number of aromatic nitrogens is 1. The van der Waals surface area contributed by atoms with Crippen LogP contribution < -0.4 is 5.32 Å². The van der Waals surface area contributed by atoms with Crippen molar-refractivity contribution in [2.75, 3.05) is 0 Å². The monoisotopic (exact) mass is 306 g/mol. The van der Waals surface area contributed by atoms with E-state index in [0.717, 1.165) is 22.3 Å². The van der Waals surface area contributed by atoms with E-state index in [9.17, 15) is 14.0 Å². The number of nitrogens with zero attached hydrogens (tertiary/aromatic N) is 1. The van der Waals surface area contributed by atoms with Gasteiger partial charge in [-0.1, -0.05) is 0 Å². The van der Waals surface area contributed by atoms with E-state index in [1.807, 2.05) is 0 Å². The molecule has 2 amide bonds. The Balaban J connectivity index is 1.87. The fraction of sp³-hybridized carbons (Fsp3) is 0. The summed E-state index contributed by atoms with van der Waals surface area (Å²) in [6, 6.07) is 6.03. The van der Waals surface area contributed by atoms with E-state index in [0.29, 0.717) is 10.6 Å². The fourth-order valence-corrected chi connectivity index (χ4v) is 3.08. The molecule has 7 heteroatoms. The van der Waals surface area contributed by atoms with Crippen molar-refractivity contribution in [3.63, 3.8) is 0 Å². The number of nitrogens with one attached hydrogen (secondary N) is 1. The molecule has 0 unspecified atom stereocenters. The zero-order valence-electron chi connectivity index (χ0n) is 9.92. The van der Waals surface area contributed by atoms with Crippen molar-refractivity contribution in [3.8, 4) is 10.6 Å². The van der Waals surface area contributed by atoms with E-state index in [1.165, 1.54) is 23.5 Å². The van der Waals surface area contributed by atoms with Crippen LogP contribution in [0.4, 0.5) is 9.18 Å². The number of thiazole rings is 1. The Labute approximate surface area is 121 Å². The molecule has 2 aromatic rings. The normalized spacial score (nSPS) is 16.8. The molecule has 1 fully saturated rings. The van der Waals surface area contributed by atoms with Gasteiger partial charge in [-0.15, -0.1) is 11.3 Å². The molecule has 3 rings (SSSR count). The highest BCUT2D eigenvalue weighted by Gasteiger charge is 2.25. The quantitative estimate of drug-likeness (QED) is 0.865. The number of amides is 2. The van der Waals surface area contributed by atoms with Crippen molar-refractivity contribution >= 4 is 40.3 Å². The fourth-order valence-electron chi connectivity index (χ4n) is 1.63. The summed E-state index contributed by atoms with van der Waals surface area (Å²) in [5.41, 5.74) is 1.40. The second kappa shape index (κ2) is 5.18. The summed E-state index contributed by atoms with van der Waals surface area (Å²) in [5.74, 6) is -0.707. The summed E-state index contributed by atoms with van der Waals surface area (Å²) >= 11 is 2.24. The Morgan fingerprint density at radius 2 is 1.95 bits per heavy atom. The molecular weight excluding hydrogens is 299 g/mol. The standard InChI is InChI=1S/C13H7FN2O2S2/c14-8-3-1-7(2-4-8)12-15-9(6-19-12)5-10-11(17)16-13(18)20-10/h1-6H,(H,16,17,18)/b10-5-. The summed E-state index contributed by atoms with van der Waals surface area (Å²) in [5, 5.41) is 4.31. The average molecular weight is 306 g/mol. The number of benzene rings is 1. The summed E-state index contributed by atoms with van der Waals surface area (Å²) in [6.45, 7) is 0. The summed E-state index contributed by atoms with van der Waals surface area (Å²) < 4.78 is 12.9. The van der Waals surface area contributed by atoms with Crippen molar-refractivity contribution in [1.29, 1.82) is 0 Å². The molecule has 1 saturated heterocycles. The summed E-state index contributed by atoms with van der Waals surface area (Å²) in [4.78, 5) is 27.1. The minimum Gasteiger partial charge on any atom is -0.282 e. The van der Waals surface area contributed by atoms with Gasteiger partial charge >= 0.3 is 0 Å². The third-order valence-electron chi connectivity index (χ3n) is 2.53. The number of carbonyl (C=O) groups is 2. The lowest BCUT2D eigenvalue weighted by molar-refractivity contribution is -0.115. The van der Waals surface area contributed by atoms with Crippen molar-refractivity contribution in [3.05, 3.63) is 46.1 Å². The van der Waals surface area contributed by atoms with Crippen molar-refractivity contribution in [2.24, 2.45) is 0 Å². The molecule has 20 heavy (non-hydrogen) atoms. The van der Waals surface area contributed by atoms with E-state index >= 15 is 0 Å². The number of imide groups is 1. The van der Waals surface area contributed by atoms with Gasteiger partial charge in [0.25, 0.3) is 11.1 Å². The van der Waals surface area contributed by atoms with Crippen LogP contribution in [0, 0.1) is 5.82 Å². The van der Waals surface area contributed by atoms with Crippen LogP contribution in [0.15, 0.2) is 34.6 Å². The lowest BCUT2D eigenvalue weighted by Crippen LogP contribution is -2.17. The van der Waals surface area contributed by atoms with Gasteiger partial charge in [0.2, 0.25) is 0 Å². The van der Waals surface area contributed by atoms with Crippen LogP contribution in [0.25, 0.3) is 16.6 Å². The molecule has 0 radical (unpaired) electrons. The van der Waals surface area contributed by atoms with Crippen LogP contribution in [0.3, 0.4) is 0 Å². The molecule has 0 saturated carbocycles. The maximum absolute atomic E-state index is 12.9. The highest BCUT2D eigenvalue weighted by molar-refractivity contribution is 8.18. The molecule has 2 heterocycles. The molecule has 0 spiro atoms. The van der Waals surface area contributed by atoms with E-state index in [4.69, 9.17) is 0 Å². The Morgan fingerprint density at radius 3 is 2.60 bits per heavy atom. The van der Waals surface area contributed by atoms with Crippen molar-refractivity contribution in [2.45, 2.75) is 0 Å². The molecule has 4 nitrogen and oxygen atoms in total. The molecule has 0 bridgehead atoms. The van der Waals surface area contributed by atoms with Gasteiger partial charge in [-0.25, -0.2) is 9.37 Å². The Morgan fingerprint density at radius 1 is 1.20 bits per heavy atom. The Hall–Kier alpha value is -1.99. The second-order valence-electron chi connectivity index (χ2n) is 3.94. The maximum atomic E-state index is 12.9. The molecule has 1 aliphatic heterocycles. The summed E-state index contributed by atoms with van der Waals surface area (Å²) in [6.07, 6.45) is 1.56. The third-order valence-corrected chi connectivity index (χ3v) is 4.25. The van der Waals surface area contributed by atoms with E-state index in [2.05, 4.69) is 10.3 Å². The van der Waals surface area contributed by atoms with Crippen LogP contribution in [0.1, 0.15) is 5.69 Å². The molecule has 1 N–H and O–H groups in total. The van der Waals surface area contributed by atoms with Gasteiger partial charge in [0, 0.05) is 10.9 Å². The molecule has 0 atom stereocenters. The van der Waals surface area contributed by atoms with Crippen molar-refractivity contribution < 1.29 is 14.0 Å². The van der Waals surface area contributed by atoms with E-state index < -0.39 is 5.91 Å². The molecule has 1 aromatic carbocycles. The molecule has 1 aromatic heterocycles. The van der Waals surface area contributed by atoms with Gasteiger partial charge in [-0.05, 0) is 42.1 Å². The predicted molar refractivity (Wildman–Crippen MR) is 76.6 cm³/mol. The number of halogens is 1. The predicted octanol–water partition coefficient (Wildman–Crippen LogP) is 3.27. The Kier molecular flexibility index (Phi) is 3.37. The topological polar surface area (TPSA) is 59.1 Å². The molecular formula is C13H7FN2O2S2. The smallest absolute Gasteiger partial charge is 0.282 e. The number of hydrogen-bond acceptors (Lipinski definition) is 5. The first-order valence-corrected chi connectivity index (χ1v) is 7.28. The first-order valence-electron chi connectivity index (χ1n) is 5.58. The first-order chi connectivity index (χ1) is 9.61. The van der Waals surface area contributed by atoms with Gasteiger partial charge in [-0.2, -0.15) is 0 Å². The summed E-state index contributed by atoms with van der Waals surface area (Å²) in [7, 11) is 0. The zero-order chi connectivity index (χ0) is 14.1. The van der Waals surface area contributed by atoms with Crippen LogP contribution in [-0.4, -0.2) is 16.1 Å². The van der Waals surface area contributed by atoms with Gasteiger partial charge in [0.15, 0.2) is 0 Å². The highest BCUT2D eigenvalue weighted by atomic mass is 32.2.